The van der Waals surface area contributed by atoms with Crippen LogP contribution >= 0.6 is 11.3 Å². The minimum atomic E-state index is -0.0650. The van der Waals surface area contributed by atoms with Gasteiger partial charge in [0, 0.05) is 24.0 Å². The highest BCUT2D eigenvalue weighted by Crippen LogP contribution is 2.16. The summed E-state index contributed by atoms with van der Waals surface area (Å²) in [6, 6.07) is 7.61. The highest BCUT2D eigenvalue weighted by Gasteiger charge is 2.08. The third kappa shape index (κ3) is 3.79. The number of benzene rings is 1. The number of aromatic nitrogens is 1. The average molecular weight is 291 g/mol. The monoisotopic (exact) mass is 291 g/mol. The molecular weight excluding hydrogens is 274 g/mol. The predicted octanol–water partition coefficient (Wildman–Crippen LogP) is 1.47. The molecule has 0 aliphatic heterocycles. The number of hydrogen-bond acceptors (Lipinski definition) is 5. The van der Waals surface area contributed by atoms with Gasteiger partial charge in [-0.3, -0.25) is 4.79 Å². The molecule has 0 fully saturated rings. The quantitative estimate of drug-likeness (QED) is 0.845. The fraction of sp³-hybridized carbons (Fsp3) is 0.286. The Morgan fingerprint density at radius 1 is 1.45 bits per heavy atom. The number of hydrogen-bond donors (Lipinski definition) is 2. The lowest BCUT2D eigenvalue weighted by atomic mass is 10.2. The topological polar surface area (TPSA) is 77.2 Å². The van der Waals surface area contributed by atoms with Gasteiger partial charge in [-0.1, -0.05) is 18.2 Å². The van der Waals surface area contributed by atoms with Crippen LogP contribution < -0.4 is 15.8 Å². The van der Waals surface area contributed by atoms with Crippen LogP contribution in [-0.4, -0.2) is 18.0 Å². The van der Waals surface area contributed by atoms with Crippen molar-refractivity contribution in [3.05, 3.63) is 45.9 Å². The second-order valence-corrected chi connectivity index (χ2v) is 5.14. The standard InChI is InChI=1S/C14H17N3O2S/c1-19-12-5-3-2-4-10(12)8-16-13(18)6-11-9-20-14(7-15)17-11/h2-5,9H,6-8,15H2,1H3,(H,16,18). The number of nitrogens with two attached hydrogens (primary N) is 1. The molecule has 0 radical (unpaired) electrons. The summed E-state index contributed by atoms with van der Waals surface area (Å²) in [6.45, 7) is 0.851. The van der Waals surface area contributed by atoms with E-state index in [-0.39, 0.29) is 12.3 Å². The second-order valence-electron chi connectivity index (χ2n) is 4.20. The second kappa shape index (κ2) is 7.02. The molecule has 0 spiro atoms. The van der Waals surface area contributed by atoms with Gasteiger partial charge in [0.2, 0.25) is 5.91 Å². The number of methoxy groups -OCH3 is 1. The zero-order chi connectivity index (χ0) is 14.4. The van der Waals surface area contributed by atoms with Crippen molar-refractivity contribution < 1.29 is 9.53 Å². The van der Waals surface area contributed by atoms with E-state index in [2.05, 4.69) is 10.3 Å². The van der Waals surface area contributed by atoms with E-state index in [4.69, 9.17) is 10.5 Å². The van der Waals surface area contributed by atoms with Crippen molar-refractivity contribution in [2.75, 3.05) is 7.11 Å². The molecule has 0 aliphatic rings. The lowest BCUT2D eigenvalue weighted by Gasteiger charge is -2.09. The SMILES string of the molecule is COc1ccccc1CNC(=O)Cc1csc(CN)n1. The maximum Gasteiger partial charge on any atom is 0.226 e. The van der Waals surface area contributed by atoms with Crippen LogP contribution in [0, 0.1) is 0 Å². The Hall–Kier alpha value is -1.92. The van der Waals surface area contributed by atoms with Crippen molar-refractivity contribution in [3.63, 3.8) is 0 Å². The van der Waals surface area contributed by atoms with E-state index < -0.39 is 0 Å². The Morgan fingerprint density at radius 3 is 2.95 bits per heavy atom. The predicted molar refractivity (Wildman–Crippen MR) is 78.6 cm³/mol. The summed E-state index contributed by atoms with van der Waals surface area (Å²) < 4.78 is 5.24. The van der Waals surface area contributed by atoms with E-state index in [1.54, 1.807) is 7.11 Å². The van der Waals surface area contributed by atoms with Crippen molar-refractivity contribution in [1.29, 1.82) is 0 Å². The lowest BCUT2D eigenvalue weighted by molar-refractivity contribution is -0.120. The van der Waals surface area contributed by atoms with Gasteiger partial charge in [-0.2, -0.15) is 0 Å². The molecule has 0 unspecified atom stereocenters. The molecule has 20 heavy (non-hydrogen) atoms. The molecule has 1 aromatic carbocycles. The van der Waals surface area contributed by atoms with Crippen LogP contribution in [0.4, 0.5) is 0 Å². The Morgan fingerprint density at radius 2 is 2.25 bits per heavy atom. The normalized spacial score (nSPS) is 10.3. The summed E-state index contributed by atoms with van der Waals surface area (Å²) in [4.78, 5) is 16.1. The van der Waals surface area contributed by atoms with Crippen LogP contribution in [-0.2, 0) is 24.3 Å². The number of nitrogens with zero attached hydrogens (tertiary/aromatic N) is 1. The van der Waals surface area contributed by atoms with E-state index in [0.717, 1.165) is 22.0 Å². The number of rotatable bonds is 6. The summed E-state index contributed by atoms with van der Waals surface area (Å²) >= 11 is 1.48. The maximum absolute atomic E-state index is 11.9. The smallest absolute Gasteiger partial charge is 0.226 e. The van der Waals surface area contributed by atoms with Gasteiger partial charge >= 0.3 is 0 Å². The molecule has 2 rings (SSSR count). The number of para-hydroxylation sites is 1. The molecule has 0 aliphatic carbocycles. The van der Waals surface area contributed by atoms with Gasteiger partial charge < -0.3 is 15.8 Å². The zero-order valence-electron chi connectivity index (χ0n) is 11.3. The van der Waals surface area contributed by atoms with Crippen LogP contribution in [0.3, 0.4) is 0 Å². The molecule has 3 N–H and O–H groups in total. The van der Waals surface area contributed by atoms with Gasteiger partial charge in [-0.05, 0) is 6.07 Å². The molecule has 0 saturated heterocycles. The number of amides is 1. The first kappa shape index (κ1) is 14.5. The summed E-state index contributed by atoms with van der Waals surface area (Å²) in [5.41, 5.74) is 7.20. The molecule has 5 nitrogen and oxygen atoms in total. The first-order chi connectivity index (χ1) is 9.72. The number of carbonyl (C=O) groups excluding carboxylic acids is 1. The summed E-state index contributed by atoms with van der Waals surface area (Å²) in [5.74, 6) is 0.705. The van der Waals surface area contributed by atoms with E-state index in [0.29, 0.717) is 13.1 Å². The number of nitrogens with one attached hydrogen (secondary N) is 1. The van der Waals surface area contributed by atoms with E-state index in [1.807, 2.05) is 29.6 Å². The summed E-state index contributed by atoms with van der Waals surface area (Å²) in [5, 5.41) is 5.57. The molecule has 1 amide bonds. The molecule has 2 aromatic rings. The maximum atomic E-state index is 11.9. The molecule has 6 heteroatoms. The van der Waals surface area contributed by atoms with Crippen LogP contribution in [0.5, 0.6) is 5.75 Å². The Labute approximate surface area is 121 Å². The number of ether oxygens (including phenoxy) is 1. The van der Waals surface area contributed by atoms with Gasteiger partial charge in [0.25, 0.3) is 0 Å². The molecule has 1 heterocycles. The summed E-state index contributed by atoms with van der Waals surface area (Å²) in [6.07, 6.45) is 0.269. The molecule has 1 aromatic heterocycles. The fourth-order valence-corrected chi connectivity index (χ4v) is 2.47. The first-order valence-corrected chi connectivity index (χ1v) is 7.13. The summed E-state index contributed by atoms with van der Waals surface area (Å²) in [7, 11) is 1.62. The van der Waals surface area contributed by atoms with Gasteiger partial charge in [-0.25, -0.2) is 4.98 Å². The van der Waals surface area contributed by atoms with Gasteiger partial charge in [0.15, 0.2) is 0 Å². The number of thiazole rings is 1. The molecule has 0 bridgehead atoms. The van der Waals surface area contributed by atoms with Crippen LogP contribution in [0.1, 0.15) is 16.3 Å². The largest absolute Gasteiger partial charge is 0.496 e. The van der Waals surface area contributed by atoms with Crippen molar-refractivity contribution in [2.24, 2.45) is 5.73 Å². The lowest BCUT2D eigenvalue weighted by Crippen LogP contribution is -2.24. The highest BCUT2D eigenvalue weighted by atomic mass is 32.1. The first-order valence-electron chi connectivity index (χ1n) is 6.25. The van der Waals surface area contributed by atoms with E-state index in [9.17, 15) is 4.79 Å². The van der Waals surface area contributed by atoms with Crippen molar-refractivity contribution in [3.8, 4) is 5.75 Å². The van der Waals surface area contributed by atoms with Gasteiger partial charge in [0.1, 0.15) is 10.8 Å². The third-order valence-electron chi connectivity index (χ3n) is 2.78. The Bertz CT molecular complexity index is 583. The molecular formula is C14H17N3O2S. The van der Waals surface area contributed by atoms with Crippen LogP contribution in [0.2, 0.25) is 0 Å². The molecule has 0 saturated carbocycles. The van der Waals surface area contributed by atoms with Gasteiger partial charge in [0.05, 0.1) is 19.2 Å². The van der Waals surface area contributed by atoms with Crippen molar-refractivity contribution in [2.45, 2.75) is 19.5 Å². The minimum absolute atomic E-state index is 0.0650. The van der Waals surface area contributed by atoms with Crippen molar-refractivity contribution in [1.82, 2.24) is 10.3 Å². The Balaban J connectivity index is 1.88. The van der Waals surface area contributed by atoms with Crippen molar-refractivity contribution >= 4 is 17.2 Å². The molecule has 0 atom stereocenters. The number of carbonyl (C=O) groups is 1. The van der Waals surface area contributed by atoms with Gasteiger partial charge in [-0.15, -0.1) is 11.3 Å². The molecule has 106 valence electrons. The highest BCUT2D eigenvalue weighted by molar-refractivity contribution is 7.09. The third-order valence-corrected chi connectivity index (χ3v) is 3.70. The van der Waals surface area contributed by atoms with E-state index >= 15 is 0 Å². The minimum Gasteiger partial charge on any atom is -0.496 e. The van der Waals surface area contributed by atoms with E-state index in [1.165, 1.54) is 11.3 Å². The Kier molecular flexibility index (Phi) is 5.09. The van der Waals surface area contributed by atoms with Crippen LogP contribution in [0.25, 0.3) is 0 Å². The zero-order valence-corrected chi connectivity index (χ0v) is 12.1. The van der Waals surface area contributed by atoms with Crippen LogP contribution in [0.15, 0.2) is 29.6 Å². The fourth-order valence-electron chi connectivity index (χ4n) is 1.79. The average Bonchev–Trinajstić information content (AvgIpc) is 2.93.